The molecule has 0 amide bonds. The number of aliphatic hydroxyl groups excluding tert-OH is 3. The molecule has 23 heavy (non-hydrogen) atoms. The van der Waals surface area contributed by atoms with Crippen molar-refractivity contribution in [2.45, 2.75) is 82.6 Å². The third kappa shape index (κ3) is 7.14. The van der Waals surface area contributed by atoms with Gasteiger partial charge in [0.1, 0.15) is 18.3 Å². The number of ether oxygens (including phenoxy) is 3. The SMILES string of the molecule is COC(=O)CCCCCCCCO[C@@H]1O[C@H](C)[C@H](O)[C@H](O)[C@H]1O. The van der Waals surface area contributed by atoms with Crippen LogP contribution in [0, 0.1) is 0 Å². The summed E-state index contributed by atoms with van der Waals surface area (Å²) in [6, 6.07) is 0. The summed E-state index contributed by atoms with van der Waals surface area (Å²) in [5.41, 5.74) is 0. The molecule has 0 bridgehead atoms. The summed E-state index contributed by atoms with van der Waals surface area (Å²) < 4.78 is 15.4. The summed E-state index contributed by atoms with van der Waals surface area (Å²) in [5, 5.41) is 29.0. The Morgan fingerprint density at radius 3 is 2.22 bits per heavy atom. The number of aliphatic hydroxyl groups is 3. The number of hydrogen-bond donors (Lipinski definition) is 3. The van der Waals surface area contributed by atoms with Crippen molar-refractivity contribution in [3.8, 4) is 0 Å². The van der Waals surface area contributed by atoms with Crippen molar-refractivity contribution in [2.75, 3.05) is 13.7 Å². The predicted octanol–water partition coefficient (Wildman–Crippen LogP) is 0.734. The van der Waals surface area contributed by atoms with Gasteiger partial charge in [-0.25, -0.2) is 0 Å². The van der Waals surface area contributed by atoms with Crippen molar-refractivity contribution in [3.05, 3.63) is 0 Å². The number of esters is 1. The monoisotopic (exact) mass is 334 g/mol. The van der Waals surface area contributed by atoms with Gasteiger partial charge in [-0.05, 0) is 19.8 Å². The topological polar surface area (TPSA) is 105 Å². The molecule has 136 valence electrons. The van der Waals surface area contributed by atoms with E-state index in [1.165, 1.54) is 7.11 Å². The Labute approximate surface area is 137 Å². The Balaban J connectivity index is 2.01. The van der Waals surface area contributed by atoms with Crippen LogP contribution in [0.15, 0.2) is 0 Å². The Morgan fingerprint density at radius 2 is 1.57 bits per heavy atom. The first-order valence-corrected chi connectivity index (χ1v) is 8.35. The summed E-state index contributed by atoms with van der Waals surface area (Å²) in [4.78, 5) is 10.9. The fraction of sp³-hybridized carbons (Fsp3) is 0.938. The summed E-state index contributed by atoms with van der Waals surface area (Å²) in [5.74, 6) is -0.161. The van der Waals surface area contributed by atoms with Crippen LogP contribution in [0.5, 0.6) is 0 Å². The molecule has 0 saturated carbocycles. The van der Waals surface area contributed by atoms with Gasteiger partial charge in [-0.3, -0.25) is 4.79 Å². The molecular formula is C16H30O7. The van der Waals surface area contributed by atoms with Crippen molar-refractivity contribution >= 4 is 5.97 Å². The highest BCUT2D eigenvalue weighted by Gasteiger charge is 2.42. The van der Waals surface area contributed by atoms with Gasteiger partial charge in [0.15, 0.2) is 6.29 Å². The first-order chi connectivity index (χ1) is 11.0. The average Bonchev–Trinajstić information content (AvgIpc) is 2.55. The molecule has 5 atom stereocenters. The summed E-state index contributed by atoms with van der Waals surface area (Å²) in [7, 11) is 1.40. The van der Waals surface area contributed by atoms with Crippen LogP contribution in [-0.2, 0) is 19.0 Å². The molecule has 0 aliphatic carbocycles. The zero-order chi connectivity index (χ0) is 17.2. The minimum atomic E-state index is -1.25. The zero-order valence-electron chi connectivity index (χ0n) is 14.0. The van der Waals surface area contributed by atoms with Gasteiger partial charge >= 0.3 is 5.97 Å². The van der Waals surface area contributed by atoms with E-state index in [9.17, 15) is 20.1 Å². The number of rotatable bonds is 10. The van der Waals surface area contributed by atoms with Gasteiger partial charge in [0, 0.05) is 13.0 Å². The molecule has 1 fully saturated rings. The fourth-order valence-corrected chi connectivity index (χ4v) is 2.53. The van der Waals surface area contributed by atoms with E-state index < -0.39 is 30.7 Å². The molecule has 1 saturated heterocycles. The van der Waals surface area contributed by atoms with E-state index in [1.807, 2.05) is 0 Å². The number of unbranched alkanes of at least 4 members (excludes halogenated alkanes) is 5. The van der Waals surface area contributed by atoms with Gasteiger partial charge in [-0.15, -0.1) is 0 Å². The second-order valence-corrected chi connectivity index (χ2v) is 6.00. The molecule has 1 heterocycles. The van der Waals surface area contributed by atoms with Gasteiger partial charge in [-0.1, -0.05) is 25.7 Å². The van der Waals surface area contributed by atoms with Gasteiger partial charge in [0.05, 0.1) is 13.2 Å². The van der Waals surface area contributed by atoms with Crippen LogP contribution in [0.2, 0.25) is 0 Å². The Kier molecular flexibility index (Phi) is 9.66. The van der Waals surface area contributed by atoms with Crippen LogP contribution in [0.4, 0.5) is 0 Å². The van der Waals surface area contributed by atoms with Crippen molar-refractivity contribution < 1.29 is 34.3 Å². The largest absolute Gasteiger partial charge is 0.469 e. The van der Waals surface area contributed by atoms with Crippen LogP contribution in [0.1, 0.15) is 51.9 Å². The number of carbonyl (C=O) groups excluding carboxylic acids is 1. The zero-order valence-corrected chi connectivity index (χ0v) is 14.0. The van der Waals surface area contributed by atoms with Crippen molar-refractivity contribution in [3.63, 3.8) is 0 Å². The molecule has 3 N–H and O–H groups in total. The molecule has 0 aromatic carbocycles. The molecule has 0 unspecified atom stereocenters. The molecule has 1 aliphatic rings. The van der Waals surface area contributed by atoms with Crippen molar-refractivity contribution in [2.24, 2.45) is 0 Å². The Bertz CT molecular complexity index is 336. The van der Waals surface area contributed by atoms with E-state index >= 15 is 0 Å². The molecule has 7 heteroatoms. The normalized spacial score (nSPS) is 31.1. The summed E-state index contributed by atoms with van der Waals surface area (Å²) in [6.45, 7) is 2.06. The molecule has 0 spiro atoms. The third-order valence-electron chi connectivity index (χ3n) is 4.09. The van der Waals surface area contributed by atoms with Crippen molar-refractivity contribution in [1.82, 2.24) is 0 Å². The van der Waals surface area contributed by atoms with Crippen LogP contribution in [0.25, 0.3) is 0 Å². The first-order valence-electron chi connectivity index (χ1n) is 8.35. The molecule has 7 nitrogen and oxygen atoms in total. The molecule has 0 aromatic rings. The number of methoxy groups -OCH3 is 1. The molecule has 0 radical (unpaired) electrons. The maximum Gasteiger partial charge on any atom is 0.305 e. The quantitative estimate of drug-likeness (QED) is 0.399. The fourth-order valence-electron chi connectivity index (χ4n) is 2.53. The van der Waals surface area contributed by atoms with Gasteiger partial charge < -0.3 is 29.5 Å². The minimum Gasteiger partial charge on any atom is -0.469 e. The third-order valence-corrected chi connectivity index (χ3v) is 4.09. The lowest BCUT2D eigenvalue weighted by molar-refractivity contribution is -0.293. The molecule has 1 aliphatic heterocycles. The predicted molar refractivity (Wildman–Crippen MR) is 82.6 cm³/mol. The van der Waals surface area contributed by atoms with E-state index in [2.05, 4.69) is 4.74 Å². The smallest absolute Gasteiger partial charge is 0.305 e. The van der Waals surface area contributed by atoms with Crippen LogP contribution >= 0.6 is 0 Å². The maximum absolute atomic E-state index is 10.9. The highest BCUT2D eigenvalue weighted by atomic mass is 16.7. The van der Waals surface area contributed by atoms with E-state index in [1.54, 1.807) is 6.92 Å². The average molecular weight is 334 g/mol. The van der Waals surface area contributed by atoms with E-state index in [4.69, 9.17) is 9.47 Å². The molecule has 1 rings (SSSR count). The lowest BCUT2D eigenvalue weighted by Crippen LogP contribution is -2.57. The van der Waals surface area contributed by atoms with Crippen LogP contribution in [0.3, 0.4) is 0 Å². The first kappa shape index (κ1) is 20.3. The highest BCUT2D eigenvalue weighted by Crippen LogP contribution is 2.22. The van der Waals surface area contributed by atoms with Crippen LogP contribution < -0.4 is 0 Å². The van der Waals surface area contributed by atoms with Gasteiger partial charge in [0.2, 0.25) is 0 Å². The molecular weight excluding hydrogens is 304 g/mol. The van der Waals surface area contributed by atoms with E-state index in [0.717, 1.165) is 38.5 Å². The highest BCUT2D eigenvalue weighted by molar-refractivity contribution is 5.68. The van der Waals surface area contributed by atoms with Gasteiger partial charge in [0.25, 0.3) is 0 Å². The standard InChI is InChI=1S/C16H30O7/c1-11-13(18)14(19)15(20)16(23-11)22-10-8-6-4-3-5-7-9-12(17)21-2/h11,13-16,18-20H,3-10H2,1-2H3/t11-,13+,14+,15-,16-/m1/s1. The van der Waals surface area contributed by atoms with Crippen molar-refractivity contribution in [1.29, 1.82) is 0 Å². The van der Waals surface area contributed by atoms with E-state index in [-0.39, 0.29) is 5.97 Å². The molecule has 0 aromatic heterocycles. The second kappa shape index (κ2) is 10.9. The Hall–Kier alpha value is -0.730. The summed E-state index contributed by atoms with van der Waals surface area (Å²) >= 11 is 0. The Morgan fingerprint density at radius 1 is 0.957 bits per heavy atom. The number of hydrogen-bond acceptors (Lipinski definition) is 7. The lowest BCUT2D eigenvalue weighted by atomic mass is 10.00. The second-order valence-electron chi connectivity index (χ2n) is 6.00. The van der Waals surface area contributed by atoms with Crippen LogP contribution in [-0.4, -0.2) is 65.7 Å². The van der Waals surface area contributed by atoms with Gasteiger partial charge in [-0.2, -0.15) is 0 Å². The summed E-state index contributed by atoms with van der Waals surface area (Å²) in [6.07, 6.45) is 1.19. The lowest BCUT2D eigenvalue weighted by Gasteiger charge is -2.38. The number of carbonyl (C=O) groups is 1. The maximum atomic E-state index is 10.9. The minimum absolute atomic E-state index is 0.161. The van der Waals surface area contributed by atoms with E-state index in [0.29, 0.717) is 13.0 Å².